The lowest BCUT2D eigenvalue weighted by Gasteiger charge is -2.18. The number of allylic oxidation sites excluding steroid dienone is 1. The Bertz CT molecular complexity index is 315. The maximum absolute atomic E-state index is 10.4. The molecule has 0 amide bonds. The van der Waals surface area contributed by atoms with Crippen LogP contribution in [0.4, 0.5) is 0 Å². The highest BCUT2D eigenvalue weighted by atomic mass is 32.2. The Labute approximate surface area is 141 Å². The normalized spacial score (nSPS) is 21.7. The molecular weight excluding hydrogens is 292 g/mol. The summed E-state index contributed by atoms with van der Waals surface area (Å²) in [5.74, 6) is 2.17. The first kappa shape index (κ1) is 19.6. The maximum Gasteiger partial charge on any atom is 0.313 e. The Morgan fingerprint density at radius 2 is 1.82 bits per heavy atom. The summed E-state index contributed by atoms with van der Waals surface area (Å²) in [6.07, 6.45) is 19.7. The number of thioether (sulfide) groups is 1. The molecule has 2 atom stereocenters. The molecule has 0 radical (unpaired) electrons. The SMILES string of the molecule is CCCCCCCC[C@H]1CCC[C@@H]1CC=CCSCC(=O)O. The van der Waals surface area contributed by atoms with E-state index in [0.29, 0.717) is 0 Å². The summed E-state index contributed by atoms with van der Waals surface area (Å²) in [5.41, 5.74) is 0. The molecule has 2 nitrogen and oxygen atoms in total. The van der Waals surface area contributed by atoms with Gasteiger partial charge in [-0.1, -0.05) is 76.9 Å². The van der Waals surface area contributed by atoms with Crippen LogP contribution in [-0.2, 0) is 4.79 Å². The van der Waals surface area contributed by atoms with Crippen molar-refractivity contribution in [2.24, 2.45) is 11.8 Å². The number of hydrogen-bond acceptors (Lipinski definition) is 2. The molecule has 1 rings (SSSR count). The number of unbranched alkanes of at least 4 members (excludes halogenated alkanes) is 5. The largest absolute Gasteiger partial charge is 0.481 e. The Morgan fingerprint density at radius 1 is 1.09 bits per heavy atom. The van der Waals surface area contributed by atoms with Gasteiger partial charge in [0.05, 0.1) is 5.75 Å². The Kier molecular flexibility index (Phi) is 11.6. The summed E-state index contributed by atoms with van der Waals surface area (Å²) in [5, 5.41) is 8.58. The lowest BCUT2D eigenvalue weighted by molar-refractivity contribution is -0.133. The second kappa shape index (κ2) is 13.0. The molecule has 1 fully saturated rings. The molecule has 1 aliphatic rings. The minimum atomic E-state index is -0.715. The van der Waals surface area contributed by atoms with Gasteiger partial charge in [0.1, 0.15) is 0 Å². The molecule has 0 bridgehead atoms. The van der Waals surface area contributed by atoms with Crippen LogP contribution in [0, 0.1) is 11.8 Å². The van der Waals surface area contributed by atoms with Crippen molar-refractivity contribution < 1.29 is 9.90 Å². The number of hydrogen-bond donors (Lipinski definition) is 1. The minimum Gasteiger partial charge on any atom is -0.481 e. The van der Waals surface area contributed by atoms with E-state index in [-0.39, 0.29) is 5.75 Å². The van der Waals surface area contributed by atoms with Crippen LogP contribution in [0.15, 0.2) is 12.2 Å². The zero-order valence-electron chi connectivity index (χ0n) is 14.3. The molecule has 128 valence electrons. The van der Waals surface area contributed by atoms with Gasteiger partial charge in [0.2, 0.25) is 0 Å². The summed E-state index contributed by atoms with van der Waals surface area (Å²) < 4.78 is 0. The first-order valence-electron chi connectivity index (χ1n) is 9.18. The van der Waals surface area contributed by atoms with Crippen molar-refractivity contribution in [1.82, 2.24) is 0 Å². The second-order valence-electron chi connectivity index (χ2n) is 6.62. The highest BCUT2D eigenvalue weighted by Crippen LogP contribution is 2.37. The van der Waals surface area contributed by atoms with Gasteiger partial charge in [0.15, 0.2) is 0 Å². The van der Waals surface area contributed by atoms with E-state index in [2.05, 4.69) is 19.1 Å². The third-order valence-corrected chi connectivity index (χ3v) is 5.67. The van der Waals surface area contributed by atoms with Crippen LogP contribution >= 0.6 is 11.8 Å². The number of carboxylic acid groups (broad SMARTS) is 1. The summed E-state index contributed by atoms with van der Waals surface area (Å²) >= 11 is 1.48. The first-order chi connectivity index (χ1) is 10.7. The monoisotopic (exact) mass is 326 g/mol. The average molecular weight is 327 g/mol. The Morgan fingerprint density at radius 3 is 2.59 bits per heavy atom. The van der Waals surface area contributed by atoms with Gasteiger partial charge in [0, 0.05) is 5.75 Å². The van der Waals surface area contributed by atoms with E-state index >= 15 is 0 Å². The fraction of sp³-hybridized carbons (Fsp3) is 0.842. The predicted molar refractivity (Wildman–Crippen MR) is 97.5 cm³/mol. The molecule has 0 spiro atoms. The van der Waals surface area contributed by atoms with Crippen LogP contribution in [0.1, 0.15) is 77.6 Å². The van der Waals surface area contributed by atoms with Gasteiger partial charge in [-0.15, -0.1) is 11.8 Å². The van der Waals surface area contributed by atoms with E-state index in [0.717, 1.165) is 17.6 Å². The third-order valence-electron chi connectivity index (χ3n) is 4.79. The number of carbonyl (C=O) groups is 1. The van der Waals surface area contributed by atoms with Gasteiger partial charge < -0.3 is 5.11 Å². The van der Waals surface area contributed by atoms with Gasteiger partial charge in [-0.05, 0) is 24.7 Å². The minimum absolute atomic E-state index is 0.217. The van der Waals surface area contributed by atoms with E-state index in [9.17, 15) is 4.79 Å². The zero-order valence-corrected chi connectivity index (χ0v) is 15.1. The van der Waals surface area contributed by atoms with Gasteiger partial charge in [-0.25, -0.2) is 0 Å². The molecule has 3 heteroatoms. The summed E-state index contributed by atoms with van der Waals surface area (Å²) in [7, 11) is 0. The molecule has 1 aliphatic carbocycles. The summed E-state index contributed by atoms with van der Waals surface area (Å²) in [6.45, 7) is 2.27. The molecule has 0 aromatic rings. The first-order valence-corrected chi connectivity index (χ1v) is 10.3. The third kappa shape index (κ3) is 9.55. The molecule has 0 saturated heterocycles. The molecule has 0 heterocycles. The molecule has 0 unspecified atom stereocenters. The van der Waals surface area contributed by atoms with Crippen molar-refractivity contribution >= 4 is 17.7 Å². The standard InChI is InChI=1S/C19H34O2S/c1-2-3-4-5-6-7-11-17-13-10-14-18(17)12-8-9-15-22-16-19(20)21/h8-9,17-18H,2-7,10-16H2,1H3,(H,20,21)/t17-,18-/m0/s1. The van der Waals surface area contributed by atoms with E-state index in [1.54, 1.807) is 0 Å². The molecule has 22 heavy (non-hydrogen) atoms. The second-order valence-corrected chi connectivity index (χ2v) is 7.65. The molecular formula is C19H34O2S. The van der Waals surface area contributed by atoms with Crippen LogP contribution in [0.3, 0.4) is 0 Å². The van der Waals surface area contributed by atoms with Crippen molar-refractivity contribution in [3.05, 3.63) is 12.2 Å². The predicted octanol–water partition coefficient (Wildman–Crippen LogP) is 5.92. The smallest absolute Gasteiger partial charge is 0.313 e. The van der Waals surface area contributed by atoms with E-state index in [1.165, 1.54) is 82.4 Å². The fourth-order valence-corrected chi connectivity index (χ4v) is 4.11. The Balaban J connectivity index is 2.07. The summed E-state index contributed by atoms with van der Waals surface area (Å²) in [4.78, 5) is 10.4. The lowest BCUT2D eigenvalue weighted by atomic mass is 9.88. The van der Waals surface area contributed by atoms with Crippen LogP contribution in [0.25, 0.3) is 0 Å². The zero-order chi connectivity index (χ0) is 16.0. The van der Waals surface area contributed by atoms with Crippen LogP contribution in [0.2, 0.25) is 0 Å². The van der Waals surface area contributed by atoms with Crippen LogP contribution < -0.4 is 0 Å². The number of rotatable bonds is 13. The van der Waals surface area contributed by atoms with Crippen molar-refractivity contribution in [2.45, 2.75) is 77.6 Å². The van der Waals surface area contributed by atoms with Gasteiger partial charge >= 0.3 is 5.97 Å². The van der Waals surface area contributed by atoms with Crippen LogP contribution in [-0.4, -0.2) is 22.6 Å². The topological polar surface area (TPSA) is 37.3 Å². The van der Waals surface area contributed by atoms with Crippen molar-refractivity contribution in [3.8, 4) is 0 Å². The van der Waals surface area contributed by atoms with E-state index in [4.69, 9.17) is 5.11 Å². The maximum atomic E-state index is 10.4. The molecule has 0 aromatic heterocycles. The molecule has 0 aliphatic heterocycles. The highest BCUT2D eigenvalue weighted by Gasteiger charge is 2.25. The van der Waals surface area contributed by atoms with E-state index < -0.39 is 5.97 Å². The molecule has 1 N–H and O–H groups in total. The average Bonchev–Trinajstić information content (AvgIpc) is 2.93. The summed E-state index contributed by atoms with van der Waals surface area (Å²) in [6, 6.07) is 0. The Hall–Kier alpha value is -0.440. The van der Waals surface area contributed by atoms with Crippen molar-refractivity contribution in [1.29, 1.82) is 0 Å². The van der Waals surface area contributed by atoms with Crippen molar-refractivity contribution in [2.75, 3.05) is 11.5 Å². The van der Waals surface area contributed by atoms with E-state index in [1.807, 2.05) is 0 Å². The van der Waals surface area contributed by atoms with Gasteiger partial charge in [0.25, 0.3) is 0 Å². The molecule has 1 saturated carbocycles. The molecule has 0 aromatic carbocycles. The number of aliphatic carboxylic acids is 1. The van der Waals surface area contributed by atoms with Gasteiger partial charge in [-0.2, -0.15) is 0 Å². The van der Waals surface area contributed by atoms with Crippen LogP contribution in [0.5, 0.6) is 0 Å². The fourth-order valence-electron chi connectivity index (χ4n) is 3.54. The quantitative estimate of drug-likeness (QED) is 0.337. The lowest BCUT2D eigenvalue weighted by Crippen LogP contribution is -2.07. The van der Waals surface area contributed by atoms with Crippen molar-refractivity contribution in [3.63, 3.8) is 0 Å². The highest BCUT2D eigenvalue weighted by molar-refractivity contribution is 8.00. The van der Waals surface area contributed by atoms with Gasteiger partial charge in [-0.3, -0.25) is 4.79 Å². The number of carboxylic acids is 1.